The van der Waals surface area contributed by atoms with Crippen LogP contribution in [0.3, 0.4) is 0 Å². The zero-order chi connectivity index (χ0) is 14.4. The van der Waals surface area contributed by atoms with Crippen LogP contribution in [0.1, 0.15) is 44.6 Å². The van der Waals surface area contributed by atoms with Crippen molar-refractivity contribution in [2.75, 3.05) is 19.8 Å². The normalized spacial score (nSPS) is 22.0. The van der Waals surface area contributed by atoms with Crippen LogP contribution in [0, 0.1) is 11.7 Å². The molecule has 1 N–H and O–H groups in total. The third-order valence-corrected chi connectivity index (χ3v) is 4.00. The van der Waals surface area contributed by atoms with Gasteiger partial charge in [0.05, 0.1) is 6.61 Å². The van der Waals surface area contributed by atoms with Gasteiger partial charge in [-0.25, -0.2) is 4.39 Å². The fourth-order valence-electron chi connectivity index (χ4n) is 2.60. The maximum atomic E-state index is 13.6. The molecular formula is C17H26FNO. The van der Waals surface area contributed by atoms with Gasteiger partial charge in [-0.05, 0) is 42.7 Å². The molecule has 1 saturated carbocycles. The van der Waals surface area contributed by atoms with E-state index in [-0.39, 0.29) is 5.82 Å². The SMILES string of the molecule is CC(C)CCOCCNC1CC(c2ccccc2F)C1. The molecule has 0 unspecified atom stereocenters. The Morgan fingerprint density at radius 3 is 2.70 bits per heavy atom. The van der Waals surface area contributed by atoms with Crippen LogP contribution < -0.4 is 5.32 Å². The van der Waals surface area contributed by atoms with E-state index in [0.717, 1.165) is 44.6 Å². The van der Waals surface area contributed by atoms with Gasteiger partial charge in [0.25, 0.3) is 0 Å². The fourth-order valence-corrected chi connectivity index (χ4v) is 2.60. The molecule has 0 aromatic heterocycles. The van der Waals surface area contributed by atoms with E-state index < -0.39 is 0 Å². The topological polar surface area (TPSA) is 21.3 Å². The first-order chi connectivity index (χ1) is 9.66. The van der Waals surface area contributed by atoms with E-state index in [1.807, 2.05) is 12.1 Å². The minimum absolute atomic E-state index is 0.0621. The molecular weight excluding hydrogens is 253 g/mol. The molecule has 20 heavy (non-hydrogen) atoms. The van der Waals surface area contributed by atoms with Crippen molar-refractivity contribution >= 4 is 0 Å². The number of nitrogens with one attached hydrogen (secondary N) is 1. The van der Waals surface area contributed by atoms with Crippen molar-refractivity contribution in [3.63, 3.8) is 0 Å². The monoisotopic (exact) mass is 279 g/mol. The van der Waals surface area contributed by atoms with Gasteiger partial charge in [0, 0.05) is 19.2 Å². The second-order valence-electron chi connectivity index (χ2n) is 6.14. The second kappa shape index (κ2) is 7.75. The zero-order valence-corrected chi connectivity index (χ0v) is 12.6. The second-order valence-corrected chi connectivity index (χ2v) is 6.14. The highest BCUT2D eigenvalue weighted by Gasteiger charge is 2.31. The van der Waals surface area contributed by atoms with Gasteiger partial charge < -0.3 is 10.1 Å². The summed E-state index contributed by atoms with van der Waals surface area (Å²) in [6, 6.07) is 7.65. The molecule has 0 atom stereocenters. The van der Waals surface area contributed by atoms with E-state index in [1.165, 1.54) is 0 Å². The lowest BCUT2D eigenvalue weighted by Gasteiger charge is -2.36. The van der Waals surface area contributed by atoms with Crippen LogP contribution in [0.15, 0.2) is 24.3 Å². The van der Waals surface area contributed by atoms with E-state index in [0.29, 0.717) is 17.9 Å². The summed E-state index contributed by atoms with van der Waals surface area (Å²) in [5.74, 6) is 1.03. The molecule has 0 saturated heterocycles. The van der Waals surface area contributed by atoms with Crippen LogP contribution in [0.2, 0.25) is 0 Å². The van der Waals surface area contributed by atoms with E-state index in [2.05, 4.69) is 19.2 Å². The summed E-state index contributed by atoms with van der Waals surface area (Å²) < 4.78 is 19.2. The molecule has 112 valence electrons. The summed E-state index contributed by atoms with van der Waals surface area (Å²) in [6.07, 6.45) is 3.19. The molecule has 1 aromatic rings. The van der Waals surface area contributed by atoms with Crippen molar-refractivity contribution in [2.24, 2.45) is 5.92 Å². The first kappa shape index (κ1) is 15.5. The molecule has 2 rings (SSSR count). The van der Waals surface area contributed by atoms with Crippen molar-refractivity contribution < 1.29 is 9.13 Å². The van der Waals surface area contributed by atoms with E-state index in [4.69, 9.17) is 4.74 Å². The quantitative estimate of drug-likeness (QED) is 0.732. The molecule has 0 radical (unpaired) electrons. The van der Waals surface area contributed by atoms with E-state index >= 15 is 0 Å². The Hall–Kier alpha value is -0.930. The van der Waals surface area contributed by atoms with Crippen LogP contribution in [-0.4, -0.2) is 25.8 Å². The van der Waals surface area contributed by atoms with Gasteiger partial charge in [-0.2, -0.15) is 0 Å². The molecule has 0 heterocycles. The molecule has 1 aliphatic rings. The van der Waals surface area contributed by atoms with E-state index in [9.17, 15) is 4.39 Å². The molecule has 2 nitrogen and oxygen atoms in total. The van der Waals surface area contributed by atoms with Crippen LogP contribution in [0.25, 0.3) is 0 Å². The molecule has 3 heteroatoms. The van der Waals surface area contributed by atoms with Crippen molar-refractivity contribution in [1.82, 2.24) is 5.32 Å². The maximum absolute atomic E-state index is 13.6. The number of rotatable bonds is 8. The van der Waals surface area contributed by atoms with Gasteiger partial charge in [0.2, 0.25) is 0 Å². The lowest BCUT2D eigenvalue weighted by Crippen LogP contribution is -2.41. The molecule has 0 aliphatic heterocycles. The average Bonchev–Trinajstić information content (AvgIpc) is 2.36. The van der Waals surface area contributed by atoms with Crippen LogP contribution in [0.4, 0.5) is 4.39 Å². The third kappa shape index (κ3) is 4.57. The summed E-state index contributed by atoms with van der Waals surface area (Å²) in [5.41, 5.74) is 0.874. The van der Waals surface area contributed by atoms with Crippen LogP contribution in [-0.2, 0) is 4.74 Å². The number of benzene rings is 1. The largest absolute Gasteiger partial charge is 0.380 e. The smallest absolute Gasteiger partial charge is 0.126 e. The highest BCUT2D eigenvalue weighted by Crippen LogP contribution is 2.37. The lowest BCUT2D eigenvalue weighted by molar-refractivity contribution is 0.119. The summed E-state index contributed by atoms with van der Waals surface area (Å²) in [5, 5.41) is 3.48. The summed E-state index contributed by atoms with van der Waals surface area (Å²) in [6.45, 7) is 6.93. The standard InChI is InChI=1S/C17H26FNO/c1-13(2)7-9-20-10-8-19-15-11-14(12-15)16-5-3-4-6-17(16)18/h3-6,13-15,19H,7-12H2,1-2H3. The fraction of sp³-hybridized carbons (Fsp3) is 0.647. The Labute approximate surface area is 121 Å². The first-order valence-corrected chi connectivity index (χ1v) is 7.72. The molecule has 0 bridgehead atoms. The predicted molar refractivity (Wildman–Crippen MR) is 80.4 cm³/mol. The van der Waals surface area contributed by atoms with Gasteiger partial charge in [-0.15, -0.1) is 0 Å². The average molecular weight is 279 g/mol. The number of hydrogen-bond acceptors (Lipinski definition) is 2. The molecule has 1 aliphatic carbocycles. The Morgan fingerprint density at radius 2 is 2.00 bits per heavy atom. The summed E-state index contributed by atoms with van der Waals surface area (Å²) >= 11 is 0. The summed E-state index contributed by atoms with van der Waals surface area (Å²) in [7, 11) is 0. The van der Waals surface area contributed by atoms with Gasteiger partial charge in [0.1, 0.15) is 5.82 Å². The Morgan fingerprint density at radius 1 is 1.25 bits per heavy atom. The number of halogens is 1. The Balaban J connectivity index is 1.55. The Bertz CT molecular complexity index is 402. The van der Waals surface area contributed by atoms with Crippen molar-refractivity contribution in [2.45, 2.75) is 45.1 Å². The van der Waals surface area contributed by atoms with Crippen molar-refractivity contribution in [1.29, 1.82) is 0 Å². The van der Waals surface area contributed by atoms with Gasteiger partial charge in [0.15, 0.2) is 0 Å². The van der Waals surface area contributed by atoms with Gasteiger partial charge in [-0.3, -0.25) is 0 Å². The number of hydrogen-bond donors (Lipinski definition) is 1. The zero-order valence-electron chi connectivity index (χ0n) is 12.6. The number of ether oxygens (including phenoxy) is 1. The highest BCUT2D eigenvalue weighted by atomic mass is 19.1. The highest BCUT2D eigenvalue weighted by molar-refractivity contribution is 5.24. The predicted octanol–water partition coefficient (Wildman–Crippen LogP) is 3.72. The lowest BCUT2D eigenvalue weighted by atomic mass is 9.75. The first-order valence-electron chi connectivity index (χ1n) is 7.72. The molecule has 0 spiro atoms. The third-order valence-electron chi connectivity index (χ3n) is 4.00. The van der Waals surface area contributed by atoms with Crippen LogP contribution >= 0.6 is 0 Å². The van der Waals surface area contributed by atoms with Crippen LogP contribution in [0.5, 0.6) is 0 Å². The molecule has 1 aromatic carbocycles. The minimum atomic E-state index is -0.0621. The van der Waals surface area contributed by atoms with E-state index in [1.54, 1.807) is 12.1 Å². The van der Waals surface area contributed by atoms with Gasteiger partial charge in [-0.1, -0.05) is 32.0 Å². The summed E-state index contributed by atoms with van der Waals surface area (Å²) in [4.78, 5) is 0. The molecule has 1 fully saturated rings. The molecule has 0 amide bonds. The van der Waals surface area contributed by atoms with Gasteiger partial charge >= 0.3 is 0 Å². The van der Waals surface area contributed by atoms with Crippen molar-refractivity contribution in [3.8, 4) is 0 Å². The minimum Gasteiger partial charge on any atom is -0.380 e. The van der Waals surface area contributed by atoms with Crippen molar-refractivity contribution in [3.05, 3.63) is 35.6 Å². The maximum Gasteiger partial charge on any atom is 0.126 e. The Kier molecular flexibility index (Phi) is 5.99.